The lowest BCUT2D eigenvalue weighted by atomic mass is 10.00. The molecule has 1 aliphatic rings. The van der Waals surface area contributed by atoms with Gasteiger partial charge in [0.1, 0.15) is 18.5 Å². The van der Waals surface area contributed by atoms with Crippen LogP contribution >= 0.6 is 0 Å². The van der Waals surface area contributed by atoms with Gasteiger partial charge >= 0.3 is 0 Å². The molecule has 4 nitrogen and oxygen atoms in total. The SMILES string of the molecule is C#CCN(CC=C)Cc1ccc(OC[C@H](O)CN2CCc3ccccc3C2)cc1. The van der Waals surface area contributed by atoms with Gasteiger partial charge in [-0.3, -0.25) is 9.80 Å². The first-order valence-corrected chi connectivity index (χ1v) is 10.1. The molecule has 2 aromatic rings. The number of β-amino-alcohol motifs (C(OH)–C–C–N with tert-alkyl or cyclic N) is 1. The van der Waals surface area contributed by atoms with Crippen LogP contribution in [0.5, 0.6) is 5.75 Å². The standard InChI is InChI=1S/C25H30N2O2/c1-3-14-26(15-4-2)17-21-9-11-25(12-10-21)29-20-24(28)19-27-16-13-22-7-5-6-8-23(22)18-27/h1,4-12,24,28H,2,13-20H2/t24-/m1/s1. The van der Waals surface area contributed by atoms with E-state index in [4.69, 9.17) is 11.2 Å². The molecule has 152 valence electrons. The Morgan fingerprint density at radius 1 is 1.21 bits per heavy atom. The van der Waals surface area contributed by atoms with Crippen LogP contribution < -0.4 is 4.74 Å². The van der Waals surface area contributed by atoms with E-state index in [9.17, 15) is 5.11 Å². The van der Waals surface area contributed by atoms with E-state index in [1.54, 1.807) is 0 Å². The fourth-order valence-corrected chi connectivity index (χ4v) is 3.70. The van der Waals surface area contributed by atoms with E-state index in [-0.39, 0.29) is 6.61 Å². The summed E-state index contributed by atoms with van der Waals surface area (Å²) >= 11 is 0. The highest BCUT2D eigenvalue weighted by molar-refractivity contribution is 5.29. The fourth-order valence-electron chi connectivity index (χ4n) is 3.70. The maximum Gasteiger partial charge on any atom is 0.119 e. The molecule has 1 N–H and O–H groups in total. The second kappa shape index (κ2) is 10.8. The molecule has 3 rings (SSSR count). The second-order valence-electron chi connectivity index (χ2n) is 7.53. The first-order valence-electron chi connectivity index (χ1n) is 10.1. The van der Waals surface area contributed by atoms with E-state index in [1.807, 2.05) is 30.3 Å². The first kappa shape index (κ1) is 21.1. The predicted molar refractivity (Wildman–Crippen MR) is 118 cm³/mol. The van der Waals surface area contributed by atoms with Gasteiger partial charge in [-0.1, -0.05) is 48.4 Å². The number of rotatable bonds is 10. The Kier molecular flexibility index (Phi) is 7.89. The molecule has 0 saturated heterocycles. The van der Waals surface area contributed by atoms with Crippen molar-refractivity contribution in [2.75, 3.05) is 32.8 Å². The van der Waals surface area contributed by atoms with Crippen LogP contribution in [0.15, 0.2) is 61.2 Å². The van der Waals surface area contributed by atoms with E-state index in [0.29, 0.717) is 13.1 Å². The highest BCUT2D eigenvalue weighted by Crippen LogP contribution is 2.19. The molecule has 1 atom stereocenters. The predicted octanol–water partition coefficient (Wildman–Crippen LogP) is 3.11. The molecule has 0 saturated carbocycles. The lowest BCUT2D eigenvalue weighted by Crippen LogP contribution is -2.38. The second-order valence-corrected chi connectivity index (χ2v) is 7.53. The fraction of sp³-hybridized carbons (Fsp3) is 0.360. The summed E-state index contributed by atoms with van der Waals surface area (Å²) in [5, 5.41) is 10.4. The van der Waals surface area contributed by atoms with Crippen molar-refractivity contribution >= 4 is 0 Å². The number of ether oxygens (including phenoxy) is 1. The van der Waals surface area contributed by atoms with E-state index >= 15 is 0 Å². The van der Waals surface area contributed by atoms with Gasteiger partial charge in [0.05, 0.1) is 6.54 Å². The molecule has 2 aromatic carbocycles. The minimum atomic E-state index is -0.515. The molecule has 1 heterocycles. The van der Waals surface area contributed by atoms with Gasteiger partial charge in [-0.05, 0) is 35.2 Å². The molecule has 0 amide bonds. The van der Waals surface area contributed by atoms with Gasteiger partial charge in [-0.15, -0.1) is 13.0 Å². The Morgan fingerprint density at radius 3 is 2.69 bits per heavy atom. The molecule has 0 aliphatic carbocycles. The molecule has 4 heteroatoms. The summed E-state index contributed by atoms with van der Waals surface area (Å²) in [5.74, 6) is 3.45. The first-order chi connectivity index (χ1) is 14.2. The molecule has 29 heavy (non-hydrogen) atoms. The molecule has 0 spiro atoms. The third-order valence-corrected chi connectivity index (χ3v) is 5.15. The van der Waals surface area contributed by atoms with Crippen molar-refractivity contribution in [1.29, 1.82) is 0 Å². The third kappa shape index (κ3) is 6.47. The average Bonchev–Trinajstić information content (AvgIpc) is 2.73. The van der Waals surface area contributed by atoms with Crippen molar-refractivity contribution in [2.24, 2.45) is 0 Å². The number of aliphatic hydroxyl groups excluding tert-OH is 1. The van der Waals surface area contributed by atoms with Crippen molar-refractivity contribution in [1.82, 2.24) is 9.80 Å². The van der Waals surface area contributed by atoms with Crippen molar-refractivity contribution in [3.05, 3.63) is 77.9 Å². The molecule has 0 bridgehead atoms. The number of benzene rings is 2. The zero-order valence-corrected chi connectivity index (χ0v) is 17.0. The smallest absolute Gasteiger partial charge is 0.119 e. The van der Waals surface area contributed by atoms with E-state index in [0.717, 1.165) is 38.3 Å². The van der Waals surface area contributed by atoms with Crippen LogP contribution in [-0.4, -0.2) is 53.8 Å². The van der Waals surface area contributed by atoms with Crippen LogP contribution in [0.4, 0.5) is 0 Å². The van der Waals surface area contributed by atoms with Crippen molar-refractivity contribution in [3.8, 4) is 18.1 Å². The number of fused-ring (bicyclic) bond motifs is 1. The van der Waals surface area contributed by atoms with Crippen LogP contribution in [0, 0.1) is 12.3 Å². The van der Waals surface area contributed by atoms with Crippen LogP contribution in [0.2, 0.25) is 0 Å². The van der Waals surface area contributed by atoms with E-state index in [1.165, 1.54) is 16.7 Å². The van der Waals surface area contributed by atoms with Gasteiger partial charge in [0.25, 0.3) is 0 Å². The Balaban J connectivity index is 1.44. The molecular formula is C25H30N2O2. The Morgan fingerprint density at radius 2 is 1.97 bits per heavy atom. The van der Waals surface area contributed by atoms with Gasteiger partial charge in [-0.2, -0.15) is 0 Å². The van der Waals surface area contributed by atoms with Crippen LogP contribution in [0.3, 0.4) is 0 Å². The zero-order chi connectivity index (χ0) is 20.5. The van der Waals surface area contributed by atoms with E-state index in [2.05, 4.69) is 46.6 Å². The molecule has 0 unspecified atom stereocenters. The van der Waals surface area contributed by atoms with Crippen molar-refractivity contribution in [2.45, 2.75) is 25.6 Å². The molecule has 1 aliphatic heterocycles. The number of hydrogen-bond acceptors (Lipinski definition) is 4. The highest BCUT2D eigenvalue weighted by Gasteiger charge is 2.18. The van der Waals surface area contributed by atoms with Crippen LogP contribution in [-0.2, 0) is 19.5 Å². The van der Waals surface area contributed by atoms with Gasteiger partial charge in [0, 0.05) is 32.7 Å². The largest absolute Gasteiger partial charge is 0.491 e. The third-order valence-electron chi connectivity index (χ3n) is 5.15. The van der Waals surface area contributed by atoms with E-state index < -0.39 is 6.10 Å². The Hall–Kier alpha value is -2.58. The monoisotopic (exact) mass is 390 g/mol. The van der Waals surface area contributed by atoms with Gasteiger partial charge in [0.15, 0.2) is 0 Å². The Bertz CT molecular complexity index is 825. The molecular weight excluding hydrogens is 360 g/mol. The quantitative estimate of drug-likeness (QED) is 0.500. The summed E-state index contributed by atoms with van der Waals surface area (Å²) in [6.07, 6.45) is 7.80. The summed E-state index contributed by atoms with van der Waals surface area (Å²) < 4.78 is 5.79. The summed E-state index contributed by atoms with van der Waals surface area (Å²) in [4.78, 5) is 4.43. The van der Waals surface area contributed by atoms with Crippen molar-refractivity contribution < 1.29 is 9.84 Å². The van der Waals surface area contributed by atoms with Gasteiger partial charge in [-0.25, -0.2) is 0 Å². The van der Waals surface area contributed by atoms with Crippen LogP contribution in [0.25, 0.3) is 0 Å². The number of nitrogens with zero attached hydrogens (tertiary/aromatic N) is 2. The number of terminal acetylenes is 1. The topological polar surface area (TPSA) is 35.9 Å². The number of hydrogen-bond donors (Lipinski definition) is 1. The summed E-state index contributed by atoms with van der Waals surface area (Å²) in [5.41, 5.74) is 3.95. The zero-order valence-electron chi connectivity index (χ0n) is 17.0. The highest BCUT2D eigenvalue weighted by atomic mass is 16.5. The lowest BCUT2D eigenvalue weighted by molar-refractivity contribution is 0.0638. The van der Waals surface area contributed by atoms with Crippen molar-refractivity contribution in [3.63, 3.8) is 0 Å². The average molecular weight is 391 g/mol. The normalized spacial score (nSPS) is 14.8. The Labute approximate surface area is 174 Å². The summed E-state index contributed by atoms with van der Waals surface area (Å²) in [6, 6.07) is 16.5. The molecule has 0 aromatic heterocycles. The number of aliphatic hydroxyl groups is 1. The molecule has 0 fully saturated rings. The van der Waals surface area contributed by atoms with Gasteiger partial charge in [0.2, 0.25) is 0 Å². The minimum Gasteiger partial charge on any atom is -0.491 e. The minimum absolute atomic E-state index is 0.289. The maximum atomic E-state index is 10.4. The summed E-state index contributed by atoms with van der Waals surface area (Å²) in [7, 11) is 0. The maximum absolute atomic E-state index is 10.4. The lowest BCUT2D eigenvalue weighted by Gasteiger charge is -2.30. The summed E-state index contributed by atoms with van der Waals surface area (Å²) in [6.45, 7) is 8.67. The van der Waals surface area contributed by atoms with Gasteiger partial charge < -0.3 is 9.84 Å². The van der Waals surface area contributed by atoms with Crippen LogP contribution in [0.1, 0.15) is 16.7 Å². The molecule has 0 radical (unpaired) electrons.